The van der Waals surface area contributed by atoms with Gasteiger partial charge in [-0.1, -0.05) is 0 Å². The Morgan fingerprint density at radius 3 is 2.59 bits per heavy atom. The highest BCUT2D eigenvalue weighted by Crippen LogP contribution is 2.18. The fourth-order valence-corrected chi connectivity index (χ4v) is 2.00. The van der Waals surface area contributed by atoms with Crippen molar-refractivity contribution < 1.29 is 9.90 Å². The first-order valence-corrected chi connectivity index (χ1v) is 5.11. The summed E-state index contributed by atoms with van der Waals surface area (Å²) in [4.78, 5) is 14.7. The number of aromatic nitrogens is 1. The molecule has 1 aliphatic rings. The lowest BCUT2D eigenvalue weighted by molar-refractivity contribution is -0.139. The second-order valence-corrected chi connectivity index (χ2v) is 3.96. The van der Waals surface area contributed by atoms with Gasteiger partial charge in [0.15, 0.2) is 0 Å². The molecule has 1 aromatic rings. The predicted octanol–water partition coefficient (Wildman–Crippen LogP) is 1.53. The molecule has 1 aliphatic heterocycles. The molecule has 0 spiro atoms. The molecule has 1 fully saturated rings. The molecular formula is C11H16Cl2N2O2. The van der Waals surface area contributed by atoms with Crippen molar-refractivity contribution in [3.8, 4) is 0 Å². The first kappa shape index (κ1) is 16.2. The van der Waals surface area contributed by atoms with Gasteiger partial charge in [0.2, 0.25) is 0 Å². The monoisotopic (exact) mass is 278 g/mol. The maximum absolute atomic E-state index is 10.7. The van der Waals surface area contributed by atoms with E-state index >= 15 is 0 Å². The van der Waals surface area contributed by atoms with E-state index in [0.717, 1.165) is 19.4 Å². The predicted molar refractivity (Wildman–Crippen MR) is 70.0 cm³/mol. The molecule has 96 valence electrons. The van der Waals surface area contributed by atoms with E-state index in [0.29, 0.717) is 5.92 Å². The summed E-state index contributed by atoms with van der Waals surface area (Å²) in [5, 5.41) is 11.8. The summed E-state index contributed by atoms with van der Waals surface area (Å²) in [6.07, 6.45) is 5.19. The molecule has 0 unspecified atom stereocenters. The van der Waals surface area contributed by atoms with Crippen molar-refractivity contribution in [3.05, 3.63) is 30.1 Å². The van der Waals surface area contributed by atoms with Crippen molar-refractivity contribution in [2.45, 2.75) is 18.9 Å². The van der Waals surface area contributed by atoms with E-state index < -0.39 is 5.97 Å². The number of nitrogens with one attached hydrogen (secondary N) is 1. The Hall–Kier alpha value is -0.840. The second kappa shape index (κ2) is 7.48. The first-order chi connectivity index (χ1) is 7.25. The SMILES string of the molecule is Cl.Cl.O=C(O)[C@@H]1C[C@@H](Cc2ccncc2)CN1. The Bertz CT molecular complexity index is 349. The normalized spacial score (nSPS) is 22.4. The topological polar surface area (TPSA) is 62.2 Å². The van der Waals surface area contributed by atoms with Crippen molar-refractivity contribution >= 4 is 30.8 Å². The van der Waals surface area contributed by atoms with Crippen LogP contribution >= 0.6 is 24.8 Å². The highest BCUT2D eigenvalue weighted by Gasteiger charge is 2.28. The minimum absolute atomic E-state index is 0. The molecule has 0 amide bonds. The highest BCUT2D eigenvalue weighted by molar-refractivity contribution is 5.85. The van der Waals surface area contributed by atoms with Crippen LogP contribution in [0.25, 0.3) is 0 Å². The van der Waals surface area contributed by atoms with Crippen LogP contribution in [0.3, 0.4) is 0 Å². The third kappa shape index (κ3) is 4.50. The fraction of sp³-hybridized carbons (Fsp3) is 0.455. The summed E-state index contributed by atoms with van der Waals surface area (Å²) < 4.78 is 0. The fourth-order valence-electron chi connectivity index (χ4n) is 2.00. The number of carboxylic acids is 1. The summed E-state index contributed by atoms with van der Waals surface area (Å²) in [5.74, 6) is -0.319. The number of aliphatic carboxylic acids is 1. The van der Waals surface area contributed by atoms with E-state index in [1.165, 1.54) is 5.56 Å². The van der Waals surface area contributed by atoms with E-state index in [-0.39, 0.29) is 30.9 Å². The average molecular weight is 279 g/mol. The number of halogens is 2. The van der Waals surface area contributed by atoms with Crippen LogP contribution in [-0.2, 0) is 11.2 Å². The van der Waals surface area contributed by atoms with Crippen LogP contribution in [0, 0.1) is 5.92 Å². The third-order valence-electron chi connectivity index (χ3n) is 2.79. The molecule has 2 rings (SSSR count). The number of hydrogen-bond donors (Lipinski definition) is 2. The van der Waals surface area contributed by atoms with Crippen molar-refractivity contribution in [3.63, 3.8) is 0 Å². The van der Waals surface area contributed by atoms with Gasteiger partial charge in [-0.15, -0.1) is 24.8 Å². The smallest absolute Gasteiger partial charge is 0.320 e. The van der Waals surface area contributed by atoms with E-state index in [9.17, 15) is 4.79 Å². The van der Waals surface area contributed by atoms with Gasteiger partial charge in [0.25, 0.3) is 0 Å². The summed E-state index contributed by atoms with van der Waals surface area (Å²) in [7, 11) is 0. The van der Waals surface area contributed by atoms with Crippen LogP contribution in [0.15, 0.2) is 24.5 Å². The molecule has 17 heavy (non-hydrogen) atoms. The van der Waals surface area contributed by atoms with Gasteiger partial charge in [-0.25, -0.2) is 0 Å². The standard InChI is InChI=1S/C11H14N2O2.2ClH/c14-11(15)10-6-9(7-13-10)5-8-1-3-12-4-2-8;;/h1-4,9-10,13H,5-7H2,(H,14,15);2*1H/t9-,10+;;/m1../s1. The molecule has 0 aromatic carbocycles. The number of carbonyl (C=O) groups is 1. The van der Waals surface area contributed by atoms with Gasteiger partial charge in [0, 0.05) is 12.4 Å². The van der Waals surface area contributed by atoms with Crippen LogP contribution in [-0.4, -0.2) is 28.6 Å². The van der Waals surface area contributed by atoms with Gasteiger partial charge < -0.3 is 10.4 Å². The van der Waals surface area contributed by atoms with Crippen LogP contribution < -0.4 is 5.32 Å². The summed E-state index contributed by atoms with van der Waals surface area (Å²) in [6, 6.07) is 3.60. The maximum Gasteiger partial charge on any atom is 0.320 e. The third-order valence-corrected chi connectivity index (χ3v) is 2.79. The van der Waals surface area contributed by atoms with Gasteiger partial charge in [0.1, 0.15) is 6.04 Å². The van der Waals surface area contributed by atoms with Crippen molar-refractivity contribution in [2.24, 2.45) is 5.92 Å². The Morgan fingerprint density at radius 2 is 2.06 bits per heavy atom. The summed E-state index contributed by atoms with van der Waals surface area (Å²) in [5.41, 5.74) is 1.22. The summed E-state index contributed by atoms with van der Waals surface area (Å²) in [6.45, 7) is 0.791. The zero-order valence-electron chi connectivity index (χ0n) is 9.20. The van der Waals surface area contributed by atoms with Gasteiger partial charge in [-0.3, -0.25) is 9.78 Å². The van der Waals surface area contributed by atoms with Gasteiger partial charge in [-0.2, -0.15) is 0 Å². The molecule has 2 atom stereocenters. The van der Waals surface area contributed by atoms with Gasteiger partial charge in [0.05, 0.1) is 0 Å². The maximum atomic E-state index is 10.7. The van der Waals surface area contributed by atoms with E-state index in [2.05, 4.69) is 10.3 Å². The van der Waals surface area contributed by atoms with E-state index in [4.69, 9.17) is 5.11 Å². The lowest BCUT2D eigenvalue weighted by Gasteiger charge is -2.07. The van der Waals surface area contributed by atoms with Crippen molar-refractivity contribution in [1.82, 2.24) is 10.3 Å². The van der Waals surface area contributed by atoms with Crippen LogP contribution in [0.2, 0.25) is 0 Å². The zero-order valence-corrected chi connectivity index (χ0v) is 10.8. The quantitative estimate of drug-likeness (QED) is 0.880. The molecule has 6 heteroatoms. The lowest BCUT2D eigenvalue weighted by atomic mass is 9.97. The molecular weight excluding hydrogens is 263 g/mol. The number of carboxylic acid groups (broad SMARTS) is 1. The molecule has 1 aromatic heterocycles. The second-order valence-electron chi connectivity index (χ2n) is 3.96. The van der Waals surface area contributed by atoms with Crippen molar-refractivity contribution in [2.75, 3.05) is 6.54 Å². The van der Waals surface area contributed by atoms with Crippen LogP contribution in [0.5, 0.6) is 0 Å². The average Bonchev–Trinajstić information content (AvgIpc) is 2.68. The highest BCUT2D eigenvalue weighted by atomic mass is 35.5. The zero-order chi connectivity index (χ0) is 10.7. The number of hydrogen-bond acceptors (Lipinski definition) is 3. The molecule has 0 saturated carbocycles. The lowest BCUT2D eigenvalue weighted by Crippen LogP contribution is -2.29. The van der Waals surface area contributed by atoms with Gasteiger partial charge in [-0.05, 0) is 43.0 Å². The number of pyridine rings is 1. The first-order valence-electron chi connectivity index (χ1n) is 5.11. The molecule has 4 nitrogen and oxygen atoms in total. The largest absolute Gasteiger partial charge is 0.480 e. The number of rotatable bonds is 3. The Balaban J connectivity index is 0.00000128. The van der Waals surface area contributed by atoms with E-state index in [1.807, 2.05) is 12.1 Å². The number of nitrogens with zero attached hydrogens (tertiary/aromatic N) is 1. The Kier molecular flexibility index (Phi) is 7.11. The molecule has 2 heterocycles. The molecule has 0 radical (unpaired) electrons. The van der Waals surface area contributed by atoms with Gasteiger partial charge >= 0.3 is 5.97 Å². The van der Waals surface area contributed by atoms with E-state index in [1.54, 1.807) is 12.4 Å². The molecule has 0 bridgehead atoms. The van der Waals surface area contributed by atoms with Crippen molar-refractivity contribution in [1.29, 1.82) is 0 Å². The minimum Gasteiger partial charge on any atom is -0.480 e. The molecule has 0 aliphatic carbocycles. The molecule has 1 saturated heterocycles. The Morgan fingerprint density at radius 1 is 1.41 bits per heavy atom. The summed E-state index contributed by atoms with van der Waals surface area (Å²) >= 11 is 0. The molecule has 2 N–H and O–H groups in total. The van der Waals surface area contributed by atoms with Crippen LogP contribution in [0.4, 0.5) is 0 Å². The van der Waals surface area contributed by atoms with Crippen LogP contribution in [0.1, 0.15) is 12.0 Å². The minimum atomic E-state index is -0.743. The Labute approximate surface area is 113 Å².